The van der Waals surface area contributed by atoms with Gasteiger partial charge in [-0.05, 0) is 36.8 Å². The number of methoxy groups -OCH3 is 1. The maximum absolute atomic E-state index is 12.0. The van der Waals surface area contributed by atoms with Crippen molar-refractivity contribution in [2.24, 2.45) is 0 Å². The molecule has 132 valence electrons. The Morgan fingerprint density at radius 1 is 1.08 bits per heavy atom. The maximum Gasteiger partial charge on any atom is 0.317 e. The van der Waals surface area contributed by atoms with Gasteiger partial charge in [-0.2, -0.15) is 0 Å². The third-order valence-electron chi connectivity index (χ3n) is 3.40. The second kappa shape index (κ2) is 9.74. The molecule has 0 fully saturated rings. The van der Waals surface area contributed by atoms with Crippen LogP contribution in [-0.2, 0) is 20.9 Å². The van der Waals surface area contributed by atoms with Gasteiger partial charge in [0.1, 0.15) is 5.75 Å². The van der Waals surface area contributed by atoms with Crippen LogP contribution in [0.15, 0.2) is 59.5 Å². The number of ether oxygens (including phenoxy) is 2. The smallest absolute Gasteiger partial charge is 0.317 e. The van der Waals surface area contributed by atoms with Crippen molar-refractivity contribution in [1.82, 2.24) is 5.32 Å². The first-order valence-corrected chi connectivity index (χ1v) is 8.85. The number of amides is 1. The summed E-state index contributed by atoms with van der Waals surface area (Å²) >= 11 is 1.35. The molecule has 0 radical (unpaired) electrons. The van der Waals surface area contributed by atoms with E-state index in [9.17, 15) is 9.59 Å². The van der Waals surface area contributed by atoms with E-state index in [1.165, 1.54) is 11.8 Å². The Balaban J connectivity index is 1.72. The molecule has 1 amide bonds. The van der Waals surface area contributed by atoms with Gasteiger partial charge in [-0.3, -0.25) is 9.59 Å². The highest BCUT2D eigenvalue weighted by atomic mass is 32.2. The lowest BCUT2D eigenvalue weighted by atomic mass is 10.2. The second-order valence-electron chi connectivity index (χ2n) is 5.30. The SMILES string of the molecule is COc1ccc(SCC(=O)O[C@H](C)C(=O)NCc2ccccc2)cc1. The third-order valence-corrected chi connectivity index (χ3v) is 4.39. The maximum atomic E-state index is 12.0. The first-order valence-electron chi connectivity index (χ1n) is 7.86. The predicted molar refractivity (Wildman–Crippen MR) is 97.6 cm³/mol. The number of hydrogen-bond donors (Lipinski definition) is 1. The average Bonchev–Trinajstić information content (AvgIpc) is 2.65. The lowest BCUT2D eigenvalue weighted by molar-refractivity contribution is -0.152. The van der Waals surface area contributed by atoms with Crippen LogP contribution in [0.5, 0.6) is 5.75 Å². The van der Waals surface area contributed by atoms with E-state index in [1.807, 2.05) is 54.6 Å². The van der Waals surface area contributed by atoms with Crippen molar-refractivity contribution in [3.8, 4) is 5.75 Å². The van der Waals surface area contributed by atoms with E-state index in [-0.39, 0.29) is 11.7 Å². The first kappa shape index (κ1) is 18.9. The number of rotatable bonds is 8. The van der Waals surface area contributed by atoms with Gasteiger partial charge in [0.15, 0.2) is 6.10 Å². The zero-order valence-electron chi connectivity index (χ0n) is 14.2. The van der Waals surface area contributed by atoms with Crippen molar-refractivity contribution < 1.29 is 19.1 Å². The monoisotopic (exact) mass is 359 g/mol. The summed E-state index contributed by atoms with van der Waals surface area (Å²) in [6, 6.07) is 16.9. The van der Waals surface area contributed by atoms with E-state index in [0.717, 1.165) is 16.2 Å². The van der Waals surface area contributed by atoms with Gasteiger partial charge in [-0.25, -0.2) is 0 Å². The lowest BCUT2D eigenvalue weighted by Crippen LogP contribution is -2.35. The zero-order chi connectivity index (χ0) is 18.1. The van der Waals surface area contributed by atoms with Gasteiger partial charge in [-0.1, -0.05) is 30.3 Å². The molecule has 1 atom stereocenters. The van der Waals surface area contributed by atoms with Crippen molar-refractivity contribution in [2.45, 2.75) is 24.5 Å². The molecule has 25 heavy (non-hydrogen) atoms. The number of nitrogens with one attached hydrogen (secondary N) is 1. The minimum absolute atomic E-state index is 0.142. The van der Waals surface area contributed by atoms with Crippen molar-refractivity contribution in [3.05, 3.63) is 60.2 Å². The summed E-state index contributed by atoms with van der Waals surface area (Å²) in [6.45, 7) is 1.97. The average molecular weight is 359 g/mol. The Bertz CT molecular complexity index is 688. The number of esters is 1. The fourth-order valence-corrected chi connectivity index (χ4v) is 2.71. The van der Waals surface area contributed by atoms with Crippen LogP contribution < -0.4 is 10.1 Å². The van der Waals surface area contributed by atoms with Crippen LogP contribution in [-0.4, -0.2) is 30.8 Å². The van der Waals surface area contributed by atoms with Gasteiger partial charge >= 0.3 is 5.97 Å². The summed E-state index contributed by atoms with van der Waals surface area (Å²) in [4.78, 5) is 24.8. The minimum Gasteiger partial charge on any atom is -0.497 e. The molecule has 0 aromatic heterocycles. The highest BCUT2D eigenvalue weighted by Gasteiger charge is 2.17. The molecule has 5 nitrogen and oxygen atoms in total. The molecule has 0 aliphatic heterocycles. The summed E-state index contributed by atoms with van der Waals surface area (Å²) in [5.41, 5.74) is 0.990. The number of hydrogen-bond acceptors (Lipinski definition) is 5. The van der Waals surface area contributed by atoms with E-state index in [2.05, 4.69) is 5.32 Å². The highest BCUT2D eigenvalue weighted by molar-refractivity contribution is 8.00. The van der Waals surface area contributed by atoms with Gasteiger partial charge < -0.3 is 14.8 Å². The zero-order valence-corrected chi connectivity index (χ0v) is 15.0. The molecular formula is C19H21NO4S. The Kier molecular flexibility index (Phi) is 7.35. The van der Waals surface area contributed by atoms with Crippen LogP contribution in [0.4, 0.5) is 0 Å². The summed E-state index contributed by atoms with van der Waals surface area (Å²) in [5, 5.41) is 2.75. The molecular weight excluding hydrogens is 338 g/mol. The van der Waals surface area contributed by atoms with E-state index < -0.39 is 12.1 Å². The van der Waals surface area contributed by atoms with Crippen LogP contribution in [0, 0.1) is 0 Å². The summed E-state index contributed by atoms with van der Waals surface area (Å²) in [7, 11) is 1.60. The number of thioether (sulfide) groups is 1. The Hall–Kier alpha value is -2.47. The molecule has 0 saturated carbocycles. The summed E-state index contributed by atoms with van der Waals surface area (Å²) < 4.78 is 10.3. The van der Waals surface area contributed by atoms with Crippen molar-refractivity contribution in [2.75, 3.05) is 12.9 Å². The van der Waals surface area contributed by atoms with Crippen LogP contribution in [0.1, 0.15) is 12.5 Å². The van der Waals surface area contributed by atoms with E-state index in [1.54, 1.807) is 14.0 Å². The standard InChI is InChI=1S/C19H21NO4S/c1-14(19(22)20-12-15-6-4-3-5-7-15)24-18(21)13-25-17-10-8-16(23-2)9-11-17/h3-11,14H,12-13H2,1-2H3,(H,20,22)/t14-/m1/s1. The van der Waals surface area contributed by atoms with E-state index in [4.69, 9.17) is 9.47 Å². The molecule has 0 saturated heterocycles. The summed E-state index contributed by atoms with van der Waals surface area (Å²) in [6.07, 6.45) is -0.826. The van der Waals surface area contributed by atoms with Crippen LogP contribution in [0.3, 0.4) is 0 Å². The molecule has 2 aromatic carbocycles. The minimum atomic E-state index is -0.826. The van der Waals surface area contributed by atoms with Gasteiger partial charge in [0.25, 0.3) is 5.91 Å². The Morgan fingerprint density at radius 3 is 2.40 bits per heavy atom. The van der Waals surface area contributed by atoms with Gasteiger partial charge in [0, 0.05) is 11.4 Å². The normalized spacial score (nSPS) is 11.4. The third kappa shape index (κ3) is 6.51. The molecule has 0 heterocycles. The number of benzene rings is 2. The fourth-order valence-electron chi connectivity index (χ4n) is 2.03. The number of carbonyl (C=O) groups is 2. The van der Waals surface area contributed by atoms with Gasteiger partial charge in [0.2, 0.25) is 0 Å². The Labute approximate surface area is 151 Å². The molecule has 0 unspecified atom stereocenters. The molecule has 2 aromatic rings. The highest BCUT2D eigenvalue weighted by Crippen LogP contribution is 2.21. The lowest BCUT2D eigenvalue weighted by Gasteiger charge is -2.13. The molecule has 0 bridgehead atoms. The van der Waals surface area contributed by atoms with Crippen LogP contribution in [0.25, 0.3) is 0 Å². The van der Waals surface area contributed by atoms with Crippen LogP contribution in [0.2, 0.25) is 0 Å². The van der Waals surface area contributed by atoms with E-state index >= 15 is 0 Å². The first-order chi connectivity index (χ1) is 12.1. The molecule has 6 heteroatoms. The van der Waals surface area contributed by atoms with Crippen molar-refractivity contribution in [1.29, 1.82) is 0 Å². The molecule has 1 N–H and O–H groups in total. The van der Waals surface area contributed by atoms with Crippen molar-refractivity contribution in [3.63, 3.8) is 0 Å². The van der Waals surface area contributed by atoms with Crippen molar-refractivity contribution >= 4 is 23.6 Å². The fraction of sp³-hybridized carbons (Fsp3) is 0.263. The van der Waals surface area contributed by atoms with Gasteiger partial charge in [0.05, 0.1) is 12.9 Å². The molecule has 0 spiro atoms. The number of carbonyl (C=O) groups excluding carboxylic acids is 2. The molecule has 2 rings (SSSR count). The largest absolute Gasteiger partial charge is 0.497 e. The van der Waals surface area contributed by atoms with Gasteiger partial charge in [-0.15, -0.1) is 11.8 Å². The summed E-state index contributed by atoms with van der Waals surface area (Å²) in [5.74, 6) is 0.160. The topological polar surface area (TPSA) is 64.6 Å². The molecule has 0 aliphatic carbocycles. The quantitative estimate of drug-likeness (QED) is 0.580. The van der Waals surface area contributed by atoms with E-state index in [0.29, 0.717) is 6.54 Å². The second-order valence-corrected chi connectivity index (χ2v) is 6.35. The molecule has 0 aliphatic rings. The predicted octanol–water partition coefficient (Wildman–Crippen LogP) is 3.04. The Morgan fingerprint density at radius 2 is 1.76 bits per heavy atom. The van der Waals surface area contributed by atoms with Crippen LogP contribution >= 0.6 is 11.8 Å².